The first-order valence-electron chi connectivity index (χ1n) is 11.6. The van der Waals surface area contributed by atoms with Crippen molar-refractivity contribution in [3.63, 3.8) is 0 Å². The number of nitrogens with zero attached hydrogens (tertiary/aromatic N) is 3. The molecule has 2 N–H and O–H groups in total. The molecule has 1 heterocycles. The van der Waals surface area contributed by atoms with Gasteiger partial charge in [0.25, 0.3) is 0 Å². The fourth-order valence-electron chi connectivity index (χ4n) is 4.11. The lowest BCUT2D eigenvalue weighted by Gasteiger charge is -2.10. The highest BCUT2D eigenvalue weighted by Gasteiger charge is 2.31. The first kappa shape index (κ1) is 25.2. The van der Waals surface area contributed by atoms with Gasteiger partial charge in [0.1, 0.15) is 12.1 Å². The highest BCUT2D eigenvalue weighted by Crippen LogP contribution is 2.29. The van der Waals surface area contributed by atoms with Crippen molar-refractivity contribution in [1.82, 2.24) is 15.0 Å². The standard InChI is InChI=1S/C28H22F3N5OS/c1-17-3-4-18(2)24(13-17)34-27(38)35-33-15-19-5-11-23-20(14-19)6-12-25-26(23)32-16-36(25)21-7-9-22(10-8-21)37-28(29,30)31/h3-16H,1-2H3,(H2,34,35,38). The Bertz CT molecular complexity index is 1680. The van der Waals surface area contributed by atoms with Gasteiger partial charge in [-0.05, 0) is 90.6 Å². The van der Waals surface area contributed by atoms with Crippen LogP contribution in [0.25, 0.3) is 27.5 Å². The van der Waals surface area contributed by atoms with Gasteiger partial charge >= 0.3 is 6.36 Å². The molecule has 38 heavy (non-hydrogen) atoms. The van der Waals surface area contributed by atoms with Gasteiger partial charge in [0.2, 0.25) is 0 Å². The molecular formula is C28H22F3N5OS. The summed E-state index contributed by atoms with van der Waals surface area (Å²) in [6.45, 7) is 4.03. The Labute approximate surface area is 221 Å². The lowest BCUT2D eigenvalue weighted by molar-refractivity contribution is -0.274. The molecule has 192 valence electrons. The average Bonchev–Trinajstić information content (AvgIpc) is 3.30. The summed E-state index contributed by atoms with van der Waals surface area (Å²) in [7, 11) is 0. The number of anilines is 1. The molecule has 1 aromatic heterocycles. The molecule has 0 unspecified atom stereocenters. The quantitative estimate of drug-likeness (QED) is 0.145. The largest absolute Gasteiger partial charge is 0.573 e. The second kappa shape index (κ2) is 10.1. The molecule has 6 nitrogen and oxygen atoms in total. The number of rotatable bonds is 5. The molecular weight excluding hydrogens is 511 g/mol. The summed E-state index contributed by atoms with van der Waals surface area (Å²) in [5.74, 6) is -0.276. The highest BCUT2D eigenvalue weighted by atomic mass is 32.1. The van der Waals surface area contributed by atoms with Crippen LogP contribution in [0.4, 0.5) is 18.9 Å². The van der Waals surface area contributed by atoms with Gasteiger partial charge in [-0.25, -0.2) is 4.98 Å². The number of aryl methyl sites for hydroxylation is 2. The number of hydrogen-bond donors (Lipinski definition) is 2. The second-order valence-corrected chi connectivity index (χ2v) is 9.12. The molecule has 5 aromatic rings. The van der Waals surface area contributed by atoms with Crippen molar-refractivity contribution in [2.24, 2.45) is 5.10 Å². The minimum atomic E-state index is -4.73. The van der Waals surface area contributed by atoms with E-state index in [1.807, 2.05) is 66.9 Å². The molecule has 0 spiro atoms. The molecule has 5 rings (SSSR count). The summed E-state index contributed by atoms with van der Waals surface area (Å²) in [6, 6.07) is 21.5. The third-order valence-corrected chi connectivity index (χ3v) is 6.12. The fraction of sp³-hybridized carbons (Fsp3) is 0.107. The van der Waals surface area contributed by atoms with E-state index in [-0.39, 0.29) is 5.75 Å². The van der Waals surface area contributed by atoms with Crippen molar-refractivity contribution < 1.29 is 17.9 Å². The van der Waals surface area contributed by atoms with Crippen molar-refractivity contribution in [3.8, 4) is 11.4 Å². The summed E-state index contributed by atoms with van der Waals surface area (Å²) in [6.07, 6.45) is -1.40. The maximum absolute atomic E-state index is 12.5. The first-order chi connectivity index (χ1) is 18.2. The van der Waals surface area contributed by atoms with Gasteiger partial charge in [0.15, 0.2) is 5.11 Å². The highest BCUT2D eigenvalue weighted by molar-refractivity contribution is 7.80. The number of imidazole rings is 1. The van der Waals surface area contributed by atoms with E-state index in [9.17, 15) is 13.2 Å². The number of aromatic nitrogens is 2. The van der Waals surface area contributed by atoms with Crippen LogP contribution < -0.4 is 15.5 Å². The number of thiocarbonyl (C=S) groups is 1. The number of hydrazone groups is 1. The SMILES string of the molecule is Cc1ccc(C)c(NC(=S)NN=Cc2ccc3c(ccc4c3ncn4-c3ccc(OC(F)(F)F)cc3)c2)c1. The lowest BCUT2D eigenvalue weighted by atomic mass is 10.1. The Morgan fingerprint density at radius 3 is 2.55 bits per heavy atom. The van der Waals surface area contributed by atoms with Crippen LogP contribution >= 0.6 is 12.2 Å². The summed E-state index contributed by atoms with van der Waals surface area (Å²) >= 11 is 5.35. The summed E-state index contributed by atoms with van der Waals surface area (Å²) in [5, 5.41) is 9.71. The van der Waals surface area contributed by atoms with Crippen molar-refractivity contribution in [2.75, 3.05) is 5.32 Å². The summed E-state index contributed by atoms with van der Waals surface area (Å²) in [5.41, 5.74) is 9.13. The van der Waals surface area contributed by atoms with E-state index >= 15 is 0 Å². The predicted molar refractivity (Wildman–Crippen MR) is 148 cm³/mol. The molecule has 0 saturated carbocycles. The van der Waals surface area contributed by atoms with E-state index in [2.05, 4.69) is 25.6 Å². The number of benzene rings is 4. The number of ether oxygens (including phenoxy) is 1. The van der Waals surface area contributed by atoms with Crippen molar-refractivity contribution in [3.05, 3.63) is 95.8 Å². The third-order valence-electron chi connectivity index (χ3n) is 5.93. The molecule has 4 aromatic carbocycles. The van der Waals surface area contributed by atoms with Crippen LogP contribution in [0, 0.1) is 13.8 Å². The number of fused-ring (bicyclic) bond motifs is 3. The molecule has 0 saturated heterocycles. The number of hydrogen-bond acceptors (Lipinski definition) is 4. The van der Waals surface area contributed by atoms with Crippen LogP contribution in [0.3, 0.4) is 0 Å². The minimum Gasteiger partial charge on any atom is -0.406 e. The van der Waals surface area contributed by atoms with Crippen LogP contribution in [-0.4, -0.2) is 27.2 Å². The Hall–Kier alpha value is -4.44. The Kier molecular flexibility index (Phi) is 6.73. The lowest BCUT2D eigenvalue weighted by Crippen LogP contribution is -2.24. The maximum Gasteiger partial charge on any atom is 0.573 e. The molecule has 0 aliphatic carbocycles. The van der Waals surface area contributed by atoms with Crippen molar-refractivity contribution in [2.45, 2.75) is 20.2 Å². The summed E-state index contributed by atoms with van der Waals surface area (Å²) in [4.78, 5) is 4.55. The van der Waals surface area contributed by atoms with Crippen LogP contribution in [0.15, 0.2) is 84.2 Å². The van der Waals surface area contributed by atoms with Gasteiger partial charge in [-0.2, -0.15) is 5.10 Å². The topological polar surface area (TPSA) is 63.5 Å². The van der Waals surface area contributed by atoms with Crippen LogP contribution in [0.2, 0.25) is 0 Å². The fourth-order valence-corrected chi connectivity index (χ4v) is 4.27. The Balaban J connectivity index is 1.32. The number of alkyl halides is 3. The molecule has 0 aliphatic heterocycles. The zero-order chi connectivity index (χ0) is 26.9. The normalized spacial score (nSPS) is 11.8. The average molecular weight is 534 g/mol. The van der Waals surface area contributed by atoms with E-state index in [1.165, 1.54) is 12.1 Å². The van der Waals surface area contributed by atoms with Gasteiger partial charge in [-0.1, -0.05) is 30.3 Å². The smallest absolute Gasteiger partial charge is 0.406 e. The molecule has 0 radical (unpaired) electrons. The molecule has 10 heteroatoms. The van der Waals surface area contributed by atoms with Crippen LogP contribution in [0.5, 0.6) is 5.75 Å². The minimum absolute atomic E-state index is 0.276. The van der Waals surface area contributed by atoms with E-state index in [0.29, 0.717) is 10.8 Å². The third kappa shape index (κ3) is 5.60. The maximum atomic E-state index is 12.5. The van der Waals surface area contributed by atoms with Gasteiger partial charge in [0, 0.05) is 16.8 Å². The van der Waals surface area contributed by atoms with E-state index in [1.54, 1.807) is 24.7 Å². The number of halogens is 3. The van der Waals surface area contributed by atoms with E-state index < -0.39 is 6.36 Å². The molecule has 0 atom stereocenters. The van der Waals surface area contributed by atoms with Crippen molar-refractivity contribution >= 4 is 51.0 Å². The van der Waals surface area contributed by atoms with Crippen LogP contribution in [-0.2, 0) is 0 Å². The summed E-state index contributed by atoms with van der Waals surface area (Å²) < 4.78 is 43.1. The second-order valence-electron chi connectivity index (χ2n) is 8.71. The van der Waals surface area contributed by atoms with Gasteiger partial charge in [0.05, 0.1) is 17.2 Å². The van der Waals surface area contributed by atoms with Gasteiger partial charge in [-0.15, -0.1) is 13.2 Å². The Morgan fingerprint density at radius 2 is 1.79 bits per heavy atom. The molecule has 0 aliphatic rings. The number of nitrogens with one attached hydrogen (secondary N) is 2. The molecule has 0 bridgehead atoms. The first-order valence-corrected chi connectivity index (χ1v) is 12.0. The van der Waals surface area contributed by atoms with Crippen LogP contribution in [0.1, 0.15) is 16.7 Å². The van der Waals surface area contributed by atoms with Gasteiger partial charge in [-0.3, -0.25) is 9.99 Å². The zero-order valence-electron chi connectivity index (χ0n) is 20.4. The van der Waals surface area contributed by atoms with E-state index in [0.717, 1.165) is 44.2 Å². The van der Waals surface area contributed by atoms with Gasteiger partial charge < -0.3 is 10.1 Å². The monoisotopic (exact) mass is 533 g/mol. The molecule has 0 fully saturated rings. The van der Waals surface area contributed by atoms with Crippen molar-refractivity contribution in [1.29, 1.82) is 0 Å². The molecule has 0 amide bonds. The Morgan fingerprint density at radius 1 is 1.00 bits per heavy atom. The zero-order valence-corrected chi connectivity index (χ0v) is 21.2. The van der Waals surface area contributed by atoms with E-state index in [4.69, 9.17) is 12.2 Å². The predicted octanol–water partition coefficient (Wildman–Crippen LogP) is 7.01.